The van der Waals surface area contributed by atoms with Gasteiger partial charge in [-0.3, -0.25) is 0 Å². The molecule has 0 aliphatic heterocycles. The van der Waals surface area contributed by atoms with Crippen molar-refractivity contribution in [2.24, 2.45) is 0 Å². The lowest BCUT2D eigenvalue weighted by Gasteiger charge is -2.26. The predicted octanol–water partition coefficient (Wildman–Crippen LogP) is 2.68. The Morgan fingerprint density at radius 2 is 1.96 bits per heavy atom. The van der Waals surface area contributed by atoms with Gasteiger partial charge >= 0.3 is 6.18 Å². The van der Waals surface area contributed by atoms with Gasteiger partial charge in [-0.2, -0.15) is 13.2 Å². The summed E-state index contributed by atoms with van der Waals surface area (Å²) in [4.78, 5) is 7.91. The van der Waals surface area contributed by atoms with Crippen LogP contribution in [-0.4, -0.2) is 42.5 Å². The minimum atomic E-state index is -4.60. The molecule has 2 aromatic rings. The Hall–Kier alpha value is -2.49. The van der Waals surface area contributed by atoms with Crippen LogP contribution in [0.1, 0.15) is 36.9 Å². The average molecular weight is 369 g/mol. The van der Waals surface area contributed by atoms with Gasteiger partial charge in [-0.25, -0.2) is 9.97 Å². The number of aliphatic hydroxyl groups excluding tert-OH is 1. The molecule has 0 saturated heterocycles. The Morgan fingerprint density at radius 3 is 2.58 bits per heavy atom. The highest BCUT2D eigenvalue weighted by atomic mass is 19.4. The van der Waals surface area contributed by atoms with E-state index in [0.717, 1.165) is 19.3 Å². The van der Waals surface area contributed by atoms with Crippen molar-refractivity contribution in [3.63, 3.8) is 0 Å². The van der Waals surface area contributed by atoms with Crippen molar-refractivity contribution in [1.82, 2.24) is 20.2 Å². The number of pyridine rings is 1. The Labute approximate surface area is 147 Å². The first-order valence-corrected chi connectivity index (χ1v) is 8.16. The fourth-order valence-corrected chi connectivity index (χ4v) is 2.95. The van der Waals surface area contributed by atoms with E-state index in [9.17, 15) is 23.4 Å². The number of alkyl halides is 3. The molecule has 26 heavy (non-hydrogen) atoms. The summed E-state index contributed by atoms with van der Waals surface area (Å²) in [6.45, 7) is 1.60. The lowest BCUT2D eigenvalue weighted by molar-refractivity contribution is -0.137. The number of nitrogens with one attached hydrogen (secondary N) is 1. The van der Waals surface area contributed by atoms with Gasteiger partial charge in [0, 0.05) is 12.2 Å². The highest BCUT2D eigenvalue weighted by Crippen LogP contribution is 2.34. The van der Waals surface area contributed by atoms with E-state index in [2.05, 4.69) is 25.5 Å². The van der Waals surface area contributed by atoms with E-state index in [4.69, 9.17) is 0 Å². The molecule has 1 fully saturated rings. The first kappa shape index (κ1) is 18.3. The molecule has 140 valence electrons. The van der Waals surface area contributed by atoms with Gasteiger partial charge < -0.3 is 15.5 Å². The monoisotopic (exact) mass is 369 g/mol. The highest BCUT2D eigenvalue weighted by Gasteiger charge is 2.32. The minimum absolute atomic E-state index is 0.0309. The lowest BCUT2D eigenvalue weighted by Crippen LogP contribution is -2.30. The van der Waals surface area contributed by atoms with Crippen molar-refractivity contribution in [2.45, 2.75) is 50.9 Å². The van der Waals surface area contributed by atoms with Gasteiger partial charge in [-0.15, -0.1) is 10.2 Å². The summed E-state index contributed by atoms with van der Waals surface area (Å²) in [6.07, 6.45) is -1.19. The summed E-state index contributed by atoms with van der Waals surface area (Å²) in [6, 6.07) is 0.627. The van der Waals surface area contributed by atoms with Gasteiger partial charge in [0.2, 0.25) is 5.95 Å². The fourth-order valence-electron chi connectivity index (χ4n) is 2.95. The van der Waals surface area contributed by atoms with Crippen LogP contribution in [0.2, 0.25) is 0 Å². The molecule has 0 aromatic carbocycles. The van der Waals surface area contributed by atoms with Crippen molar-refractivity contribution in [2.75, 3.05) is 5.32 Å². The van der Waals surface area contributed by atoms with Crippen LogP contribution in [0.4, 0.5) is 19.1 Å². The zero-order valence-corrected chi connectivity index (χ0v) is 14.0. The predicted molar refractivity (Wildman–Crippen MR) is 86.3 cm³/mol. The second-order valence-electron chi connectivity index (χ2n) is 6.32. The molecule has 0 radical (unpaired) electrons. The molecular weight excluding hydrogens is 351 g/mol. The van der Waals surface area contributed by atoms with E-state index >= 15 is 0 Å². The Bertz CT molecular complexity index is 800. The standard InChI is InChI=1S/C16H18F3N5O2/c1-8-13(14-12(26)5-9(7-20-14)16(17,18)19)23-24-15(21-8)22-10-3-2-4-11(25)6-10/h5,7,10-11,25-26H,2-4,6H2,1H3,(H,21,22,24)/t10-,11-/m1/s1. The summed E-state index contributed by atoms with van der Waals surface area (Å²) in [5.41, 5.74) is -0.700. The molecule has 10 heteroatoms. The number of aryl methyl sites for hydroxylation is 1. The zero-order chi connectivity index (χ0) is 18.9. The normalized spacial score (nSPS) is 20.8. The number of rotatable bonds is 3. The topological polar surface area (TPSA) is 104 Å². The number of aliphatic hydroxyl groups is 1. The molecule has 0 amide bonds. The number of aromatic nitrogens is 4. The molecule has 0 spiro atoms. The summed E-state index contributed by atoms with van der Waals surface area (Å²) in [5.74, 6) is -0.383. The molecule has 0 bridgehead atoms. The number of halogens is 3. The summed E-state index contributed by atoms with van der Waals surface area (Å²) in [7, 11) is 0. The Balaban J connectivity index is 1.81. The van der Waals surface area contributed by atoms with Gasteiger partial charge in [0.15, 0.2) is 0 Å². The van der Waals surface area contributed by atoms with Crippen molar-refractivity contribution >= 4 is 5.95 Å². The molecule has 3 rings (SSSR count). The van der Waals surface area contributed by atoms with Crippen LogP contribution in [0.25, 0.3) is 11.4 Å². The lowest BCUT2D eigenvalue weighted by atomic mass is 9.93. The third kappa shape index (κ3) is 4.01. The van der Waals surface area contributed by atoms with E-state index < -0.39 is 17.5 Å². The third-order valence-corrected chi connectivity index (χ3v) is 4.26. The van der Waals surface area contributed by atoms with Crippen molar-refractivity contribution < 1.29 is 23.4 Å². The molecule has 1 saturated carbocycles. The number of nitrogens with zero attached hydrogens (tertiary/aromatic N) is 4. The second-order valence-corrected chi connectivity index (χ2v) is 6.32. The SMILES string of the molecule is Cc1nc(N[C@@H]2CCC[C@@H](O)C2)nnc1-c1ncc(C(F)(F)F)cc1O. The maximum Gasteiger partial charge on any atom is 0.418 e. The van der Waals surface area contributed by atoms with Gasteiger partial charge in [-0.1, -0.05) is 0 Å². The van der Waals surface area contributed by atoms with Crippen LogP contribution in [0.3, 0.4) is 0 Å². The summed E-state index contributed by atoms with van der Waals surface area (Å²) >= 11 is 0. The number of hydrogen-bond donors (Lipinski definition) is 3. The first-order valence-electron chi connectivity index (χ1n) is 8.16. The van der Waals surface area contributed by atoms with Gasteiger partial charge in [0.1, 0.15) is 17.1 Å². The molecule has 2 atom stereocenters. The van der Waals surface area contributed by atoms with Crippen molar-refractivity contribution in [3.05, 3.63) is 23.5 Å². The molecule has 3 N–H and O–H groups in total. The summed E-state index contributed by atoms with van der Waals surface area (Å²) < 4.78 is 38.0. The molecule has 1 aliphatic carbocycles. The molecule has 2 heterocycles. The van der Waals surface area contributed by atoms with Crippen LogP contribution in [0, 0.1) is 6.92 Å². The quantitative estimate of drug-likeness (QED) is 0.764. The fraction of sp³-hybridized carbons (Fsp3) is 0.500. The van der Waals surface area contributed by atoms with Crippen LogP contribution >= 0.6 is 0 Å². The average Bonchev–Trinajstić information content (AvgIpc) is 2.55. The smallest absolute Gasteiger partial charge is 0.418 e. The van der Waals surface area contributed by atoms with Crippen LogP contribution < -0.4 is 5.32 Å². The number of hydrogen-bond acceptors (Lipinski definition) is 7. The second kappa shape index (κ2) is 7.02. The van der Waals surface area contributed by atoms with E-state index in [1.807, 2.05) is 0 Å². The zero-order valence-electron chi connectivity index (χ0n) is 14.0. The van der Waals surface area contributed by atoms with E-state index in [1.54, 1.807) is 6.92 Å². The number of anilines is 1. The van der Waals surface area contributed by atoms with Crippen LogP contribution in [-0.2, 0) is 6.18 Å². The van der Waals surface area contributed by atoms with Gasteiger partial charge in [-0.05, 0) is 38.7 Å². The van der Waals surface area contributed by atoms with Crippen molar-refractivity contribution in [3.8, 4) is 17.1 Å². The van der Waals surface area contributed by atoms with Gasteiger partial charge in [0.25, 0.3) is 0 Å². The Morgan fingerprint density at radius 1 is 1.19 bits per heavy atom. The first-order chi connectivity index (χ1) is 12.2. The largest absolute Gasteiger partial charge is 0.506 e. The number of aromatic hydroxyl groups is 1. The molecule has 1 aliphatic rings. The summed E-state index contributed by atoms with van der Waals surface area (Å²) in [5, 5.41) is 30.6. The molecular formula is C16H18F3N5O2. The Kier molecular flexibility index (Phi) is 4.94. The maximum atomic E-state index is 12.7. The molecule has 7 nitrogen and oxygen atoms in total. The van der Waals surface area contributed by atoms with E-state index in [0.29, 0.717) is 24.4 Å². The van der Waals surface area contributed by atoms with Crippen molar-refractivity contribution in [1.29, 1.82) is 0 Å². The van der Waals surface area contributed by atoms with E-state index in [1.165, 1.54) is 0 Å². The third-order valence-electron chi connectivity index (χ3n) is 4.26. The molecule has 0 unspecified atom stereocenters. The van der Waals surface area contributed by atoms with E-state index in [-0.39, 0.29) is 29.5 Å². The van der Waals surface area contributed by atoms with Crippen LogP contribution in [0.5, 0.6) is 5.75 Å². The maximum absolute atomic E-state index is 12.7. The van der Waals surface area contributed by atoms with Gasteiger partial charge in [0.05, 0.1) is 17.4 Å². The minimum Gasteiger partial charge on any atom is -0.506 e. The van der Waals surface area contributed by atoms with Crippen LogP contribution in [0.15, 0.2) is 12.3 Å². The molecule has 2 aromatic heterocycles. The highest BCUT2D eigenvalue weighted by molar-refractivity contribution is 5.64.